The van der Waals surface area contributed by atoms with Crippen molar-refractivity contribution in [3.05, 3.63) is 17.5 Å². The molecule has 0 aliphatic carbocycles. The van der Waals surface area contributed by atoms with E-state index in [2.05, 4.69) is 5.10 Å². The van der Waals surface area contributed by atoms with Gasteiger partial charge in [0.25, 0.3) is 5.91 Å². The number of likely N-dealkylation sites (tertiary alicyclic amines) is 1. The van der Waals surface area contributed by atoms with Crippen molar-refractivity contribution < 1.29 is 14.7 Å². The van der Waals surface area contributed by atoms with Gasteiger partial charge in [0.15, 0.2) is 0 Å². The summed E-state index contributed by atoms with van der Waals surface area (Å²) >= 11 is 0. The largest absolute Gasteiger partial charge is 0.481 e. The number of aryl methyl sites for hydroxylation is 2. The van der Waals surface area contributed by atoms with Crippen molar-refractivity contribution in [1.82, 2.24) is 14.7 Å². The Morgan fingerprint density at radius 2 is 2.12 bits per heavy atom. The Morgan fingerprint density at radius 1 is 1.50 bits per heavy atom. The number of hydrogen-bond donors (Lipinski definition) is 1. The molecule has 1 N–H and O–H groups in total. The second kappa shape index (κ2) is 3.62. The summed E-state index contributed by atoms with van der Waals surface area (Å²) in [5.41, 5.74) is 1.22. The SMILES string of the molecule is Cc1nn(C)cc1C(=O)N1CC(C(=O)O)C1. The maximum Gasteiger partial charge on any atom is 0.310 e. The van der Waals surface area contributed by atoms with E-state index >= 15 is 0 Å². The minimum Gasteiger partial charge on any atom is -0.481 e. The first-order valence-electron chi connectivity index (χ1n) is 5.01. The van der Waals surface area contributed by atoms with Gasteiger partial charge in [-0.2, -0.15) is 5.10 Å². The number of carbonyl (C=O) groups excluding carboxylic acids is 1. The summed E-state index contributed by atoms with van der Waals surface area (Å²) in [6, 6.07) is 0. The number of aromatic nitrogens is 2. The van der Waals surface area contributed by atoms with E-state index in [9.17, 15) is 9.59 Å². The molecular formula is C10H13N3O3. The molecule has 1 aromatic rings. The monoisotopic (exact) mass is 223 g/mol. The smallest absolute Gasteiger partial charge is 0.310 e. The minimum absolute atomic E-state index is 0.136. The average molecular weight is 223 g/mol. The number of hydrogen-bond acceptors (Lipinski definition) is 3. The van der Waals surface area contributed by atoms with E-state index in [4.69, 9.17) is 5.11 Å². The summed E-state index contributed by atoms with van der Waals surface area (Å²) in [6.07, 6.45) is 1.66. The highest BCUT2D eigenvalue weighted by Crippen LogP contribution is 2.19. The molecule has 6 nitrogen and oxygen atoms in total. The Kier molecular flexibility index (Phi) is 2.41. The quantitative estimate of drug-likeness (QED) is 0.758. The van der Waals surface area contributed by atoms with Gasteiger partial charge in [0.05, 0.1) is 17.2 Å². The van der Waals surface area contributed by atoms with Crippen LogP contribution in [0.2, 0.25) is 0 Å². The fourth-order valence-corrected chi connectivity index (χ4v) is 1.78. The van der Waals surface area contributed by atoms with E-state index < -0.39 is 11.9 Å². The molecule has 1 aliphatic rings. The molecule has 2 heterocycles. The Labute approximate surface area is 92.5 Å². The van der Waals surface area contributed by atoms with Crippen LogP contribution in [0.4, 0.5) is 0 Å². The van der Waals surface area contributed by atoms with Gasteiger partial charge in [-0.1, -0.05) is 0 Å². The molecule has 1 aliphatic heterocycles. The lowest BCUT2D eigenvalue weighted by Gasteiger charge is -2.36. The first kappa shape index (κ1) is 10.7. The van der Waals surface area contributed by atoms with Crippen molar-refractivity contribution in [2.45, 2.75) is 6.92 Å². The zero-order valence-electron chi connectivity index (χ0n) is 9.17. The number of carbonyl (C=O) groups is 2. The molecule has 86 valence electrons. The molecule has 0 unspecified atom stereocenters. The number of carboxylic acids is 1. The van der Waals surface area contributed by atoms with Crippen LogP contribution in [0, 0.1) is 12.8 Å². The van der Waals surface area contributed by atoms with Gasteiger partial charge in [0.2, 0.25) is 0 Å². The molecule has 0 radical (unpaired) electrons. The predicted octanol–water partition coefficient (Wildman–Crippen LogP) is -0.115. The van der Waals surface area contributed by atoms with E-state index in [1.54, 1.807) is 24.9 Å². The number of aliphatic carboxylic acids is 1. The van der Waals surface area contributed by atoms with Crippen molar-refractivity contribution in [3.63, 3.8) is 0 Å². The second-order valence-electron chi connectivity index (χ2n) is 4.05. The average Bonchev–Trinajstić information content (AvgIpc) is 2.41. The standard InChI is InChI=1S/C10H13N3O3/c1-6-8(5-12(2)11-6)9(14)13-3-7(4-13)10(15)16/h5,7H,3-4H2,1-2H3,(H,15,16). The lowest BCUT2D eigenvalue weighted by atomic mass is 9.99. The van der Waals surface area contributed by atoms with Crippen molar-refractivity contribution in [2.24, 2.45) is 13.0 Å². The Bertz CT molecular complexity index is 446. The van der Waals surface area contributed by atoms with Crippen molar-refractivity contribution in [1.29, 1.82) is 0 Å². The number of rotatable bonds is 2. The fraction of sp³-hybridized carbons (Fsp3) is 0.500. The van der Waals surface area contributed by atoms with E-state index in [0.29, 0.717) is 24.3 Å². The predicted molar refractivity (Wildman–Crippen MR) is 55.0 cm³/mol. The van der Waals surface area contributed by atoms with Crippen LogP contribution in [0.25, 0.3) is 0 Å². The molecule has 1 amide bonds. The van der Waals surface area contributed by atoms with Crippen LogP contribution in [-0.2, 0) is 11.8 Å². The first-order chi connectivity index (χ1) is 7.49. The Morgan fingerprint density at radius 3 is 2.56 bits per heavy atom. The summed E-state index contributed by atoms with van der Waals surface area (Å²) in [5.74, 6) is -1.39. The molecule has 6 heteroatoms. The number of nitrogens with zero attached hydrogens (tertiary/aromatic N) is 3. The third-order valence-electron chi connectivity index (χ3n) is 2.76. The van der Waals surface area contributed by atoms with Gasteiger partial charge in [-0.25, -0.2) is 0 Å². The lowest BCUT2D eigenvalue weighted by molar-refractivity contribution is -0.146. The van der Waals surface area contributed by atoms with Gasteiger partial charge in [0.1, 0.15) is 0 Å². The molecule has 0 saturated carbocycles. The first-order valence-corrected chi connectivity index (χ1v) is 5.01. The van der Waals surface area contributed by atoms with Crippen molar-refractivity contribution in [3.8, 4) is 0 Å². The highest BCUT2D eigenvalue weighted by Gasteiger charge is 2.36. The highest BCUT2D eigenvalue weighted by molar-refractivity contribution is 5.96. The van der Waals surface area contributed by atoms with Crippen LogP contribution in [0.3, 0.4) is 0 Å². The van der Waals surface area contributed by atoms with Gasteiger partial charge >= 0.3 is 5.97 Å². The van der Waals surface area contributed by atoms with Gasteiger partial charge in [-0.05, 0) is 6.92 Å². The molecule has 2 rings (SSSR count). The highest BCUT2D eigenvalue weighted by atomic mass is 16.4. The molecule has 0 atom stereocenters. The normalized spacial score (nSPS) is 16.0. The molecule has 1 aromatic heterocycles. The summed E-state index contributed by atoms with van der Waals surface area (Å²) < 4.78 is 1.58. The minimum atomic E-state index is -0.841. The molecule has 0 aromatic carbocycles. The van der Waals surface area contributed by atoms with E-state index in [-0.39, 0.29) is 5.91 Å². The van der Waals surface area contributed by atoms with E-state index in [1.165, 1.54) is 4.90 Å². The summed E-state index contributed by atoms with van der Waals surface area (Å²) in [6.45, 7) is 2.35. The van der Waals surface area contributed by atoms with Crippen LogP contribution in [0.15, 0.2) is 6.20 Å². The summed E-state index contributed by atoms with van der Waals surface area (Å²) in [4.78, 5) is 24.0. The van der Waals surface area contributed by atoms with Gasteiger partial charge in [0, 0.05) is 26.3 Å². The van der Waals surface area contributed by atoms with Crippen molar-refractivity contribution >= 4 is 11.9 Å². The Hall–Kier alpha value is -1.85. The molecule has 1 saturated heterocycles. The number of amides is 1. The van der Waals surface area contributed by atoms with E-state index in [1.807, 2.05) is 0 Å². The summed E-state index contributed by atoms with van der Waals surface area (Å²) in [5, 5.41) is 12.8. The van der Waals surface area contributed by atoms with E-state index in [0.717, 1.165) is 0 Å². The number of carboxylic acid groups (broad SMARTS) is 1. The molecule has 0 spiro atoms. The summed E-state index contributed by atoms with van der Waals surface area (Å²) in [7, 11) is 1.75. The Balaban J connectivity index is 2.05. The third kappa shape index (κ3) is 1.66. The van der Waals surface area contributed by atoms with Crippen LogP contribution >= 0.6 is 0 Å². The molecule has 0 bridgehead atoms. The maximum absolute atomic E-state index is 11.9. The van der Waals surface area contributed by atoms with Crippen LogP contribution < -0.4 is 0 Å². The van der Waals surface area contributed by atoms with Gasteiger partial charge in [-0.15, -0.1) is 0 Å². The van der Waals surface area contributed by atoms with Crippen LogP contribution in [0.1, 0.15) is 16.1 Å². The maximum atomic E-state index is 11.9. The van der Waals surface area contributed by atoms with Gasteiger partial charge < -0.3 is 10.0 Å². The second-order valence-corrected chi connectivity index (χ2v) is 4.05. The molecule has 1 fully saturated rings. The topological polar surface area (TPSA) is 75.4 Å². The lowest BCUT2D eigenvalue weighted by Crippen LogP contribution is -2.53. The fourth-order valence-electron chi connectivity index (χ4n) is 1.78. The molecule has 16 heavy (non-hydrogen) atoms. The van der Waals surface area contributed by atoms with Gasteiger partial charge in [-0.3, -0.25) is 14.3 Å². The zero-order chi connectivity index (χ0) is 11.9. The van der Waals surface area contributed by atoms with Crippen LogP contribution in [0.5, 0.6) is 0 Å². The molecular weight excluding hydrogens is 210 g/mol. The van der Waals surface area contributed by atoms with Crippen molar-refractivity contribution in [2.75, 3.05) is 13.1 Å². The zero-order valence-corrected chi connectivity index (χ0v) is 9.17. The third-order valence-corrected chi connectivity index (χ3v) is 2.76. The van der Waals surface area contributed by atoms with Crippen LogP contribution in [-0.4, -0.2) is 44.8 Å².